The number of benzene rings is 1. The van der Waals surface area contributed by atoms with Crippen molar-refractivity contribution in [1.29, 1.82) is 0 Å². The Hall–Kier alpha value is -0.380. The first kappa shape index (κ1) is 16.7. The predicted octanol–water partition coefficient (Wildman–Crippen LogP) is 4.01. The lowest BCUT2D eigenvalue weighted by atomic mass is 10.1. The van der Waals surface area contributed by atoms with Gasteiger partial charge in [0.05, 0.1) is 10.8 Å². The average Bonchev–Trinajstić information content (AvgIpc) is 2.43. The molecule has 19 heavy (non-hydrogen) atoms. The monoisotopic (exact) mass is 301 g/mol. The Morgan fingerprint density at radius 3 is 2.53 bits per heavy atom. The molecule has 0 aliphatic rings. The molecule has 0 bridgehead atoms. The maximum absolute atomic E-state index is 12.1. The highest BCUT2D eigenvalue weighted by molar-refractivity contribution is 7.85. The third kappa shape index (κ3) is 6.55. The third-order valence-corrected chi connectivity index (χ3v) is 4.84. The van der Waals surface area contributed by atoms with Crippen LogP contribution in [0.15, 0.2) is 29.2 Å². The second-order valence-electron chi connectivity index (χ2n) is 4.71. The molecule has 4 heteroatoms. The molecule has 0 aliphatic carbocycles. The van der Waals surface area contributed by atoms with E-state index in [-0.39, 0.29) is 0 Å². The molecule has 2 atom stereocenters. The molecule has 108 valence electrons. The van der Waals surface area contributed by atoms with Crippen LogP contribution in [0, 0.1) is 0 Å². The largest absolute Gasteiger partial charge is 0.314 e. The molecule has 0 heterocycles. The van der Waals surface area contributed by atoms with Crippen molar-refractivity contribution >= 4 is 22.4 Å². The Labute approximate surface area is 124 Å². The van der Waals surface area contributed by atoms with Gasteiger partial charge in [-0.05, 0) is 56.5 Å². The Kier molecular flexibility index (Phi) is 8.35. The molecule has 1 aromatic carbocycles. The van der Waals surface area contributed by atoms with Gasteiger partial charge in [-0.15, -0.1) is 0 Å². The minimum atomic E-state index is -0.902. The van der Waals surface area contributed by atoms with Gasteiger partial charge in [-0.25, -0.2) is 0 Å². The topological polar surface area (TPSA) is 29.1 Å². The van der Waals surface area contributed by atoms with Crippen LogP contribution in [0.5, 0.6) is 0 Å². The van der Waals surface area contributed by atoms with Crippen molar-refractivity contribution in [2.24, 2.45) is 0 Å². The molecule has 0 aromatic heterocycles. The summed E-state index contributed by atoms with van der Waals surface area (Å²) < 4.78 is 12.1. The van der Waals surface area contributed by atoms with Gasteiger partial charge in [-0.1, -0.05) is 25.4 Å². The maximum atomic E-state index is 12.1. The Bertz CT molecular complexity index is 380. The van der Waals surface area contributed by atoms with Gasteiger partial charge in [-0.2, -0.15) is 0 Å². The van der Waals surface area contributed by atoms with Gasteiger partial charge in [0.15, 0.2) is 0 Å². The lowest BCUT2D eigenvalue weighted by molar-refractivity contribution is 0.464. The summed E-state index contributed by atoms with van der Waals surface area (Å²) in [4.78, 5) is 0.874. The van der Waals surface area contributed by atoms with Gasteiger partial charge >= 0.3 is 0 Å². The van der Waals surface area contributed by atoms with E-state index in [0.29, 0.717) is 11.1 Å². The standard InChI is InChI=1S/C15H24ClNOS/c1-3-11-17-14(4-2)6-5-12-19(18)15-9-7-13(16)8-10-15/h7-10,14,17H,3-6,11-12H2,1-2H3. The lowest BCUT2D eigenvalue weighted by Crippen LogP contribution is -2.29. The van der Waals surface area contributed by atoms with Crippen molar-refractivity contribution in [3.8, 4) is 0 Å². The average molecular weight is 302 g/mol. The Balaban J connectivity index is 2.31. The van der Waals surface area contributed by atoms with E-state index < -0.39 is 10.8 Å². The van der Waals surface area contributed by atoms with E-state index in [1.807, 2.05) is 12.1 Å². The summed E-state index contributed by atoms with van der Waals surface area (Å²) in [6.45, 7) is 5.44. The number of hydrogen-bond acceptors (Lipinski definition) is 2. The fraction of sp³-hybridized carbons (Fsp3) is 0.600. The minimum absolute atomic E-state index is 0.558. The highest BCUT2D eigenvalue weighted by Crippen LogP contribution is 2.14. The van der Waals surface area contributed by atoms with Crippen LogP contribution >= 0.6 is 11.6 Å². The van der Waals surface area contributed by atoms with E-state index >= 15 is 0 Å². The number of rotatable bonds is 9. The maximum Gasteiger partial charge on any atom is 0.0529 e. The summed E-state index contributed by atoms with van der Waals surface area (Å²) in [7, 11) is -0.902. The summed E-state index contributed by atoms with van der Waals surface area (Å²) in [6.07, 6.45) is 4.38. The fourth-order valence-electron chi connectivity index (χ4n) is 1.96. The zero-order valence-corrected chi connectivity index (χ0v) is 13.4. The van der Waals surface area contributed by atoms with Crippen LogP contribution in [0.4, 0.5) is 0 Å². The molecule has 2 nitrogen and oxygen atoms in total. The van der Waals surface area contributed by atoms with E-state index in [1.165, 1.54) is 0 Å². The molecule has 2 unspecified atom stereocenters. The second-order valence-corrected chi connectivity index (χ2v) is 6.71. The van der Waals surface area contributed by atoms with Crippen molar-refractivity contribution in [2.75, 3.05) is 12.3 Å². The second kappa shape index (κ2) is 9.51. The SMILES string of the molecule is CCCNC(CC)CCCS(=O)c1ccc(Cl)cc1. The molecule has 1 aromatic rings. The van der Waals surface area contributed by atoms with E-state index in [1.54, 1.807) is 12.1 Å². The quantitative estimate of drug-likeness (QED) is 0.747. The van der Waals surface area contributed by atoms with Gasteiger partial charge in [-0.3, -0.25) is 4.21 Å². The molecule has 1 rings (SSSR count). The Morgan fingerprint density at radius 2 is 1.95 bits per heavy atom. The summed E-state index contributed by atoms with van der Waals surface area (Å²) >= 11 is 5.82. The van der Waals surface area contributed by atoms with Crippen LogP contribution in [-0.4, -0.2) is 22.5 Å². The molecular weight excluding hydrogens is 278 g/mol. The molecule has 0 aliphatic heterocycles. The molecule has 0 fully saturated rings. The van der Waals surface area contributed by atoms with Gasteiger partial charge in [0, 0.05) is 21.7 Å². The van der Waals surface area contributed by atoms with Crippen molar-refractivity contribution in [3.05, 3.63) is 29.3 Å². The summed E-state index contributed by atoms with van der Waals surface area (Å²) in [6, 6.07) is 7.86. The smallest absolute Gasteiger partial charge is 0.0529 e. The van der Waals surface area contributed by atoms with Crippen LogP contribution in [-0.2, 0) is 10.8 Å². The fourth-order valence-corrected chi connectivity index (χ4v) is 3.19. The van der Waals surface area contributed by atoms with E-state index in [0.717, 1.165) is 42.9 Å². The first-order chi connectivity index (χ1) is 9.17. The summed E-state index contributed by atoms with van der Waals surface area (Å²) in [5, 5.41) is 4.21. The molecule has 0 radical (unpaired) electrons. The zero-order chi connectivity index (χ0) is 14.1. The highest BCUT2D eigenvalue weighted by Gasteiger charge is 2.07. The molecular formula is C15H24ClNOS. The molecule has 0 saturated carbocycles. The number of nitrogens with one attached hydrogen (secondary N) is 1. The third-order valence-electron chi connectivity index (χ3n) is 3.13. The van der Waals surface area contributed by atoms with Crippen molar-refractivity contribution in [2.45, 2.75) is 50.5 Å². The summed E-state index contributed by atoms with van der Waals surface area (Å²) in [5.74, 6) is 0.728. The molecule has 1 N–H and O–H groups in total. The summed E-state index contributed by atoms with van der Waals surface area (Å²) in [5.41, 5.74) is 0. The van der Waals surface area contributed by atoms with E-state index in [4.69, 9.17) is 11.6 Å². The van der Waals surface area contributed by atoms with Gasteiger partial charge in [0.2, 0.25) is 0 Å². The highest BCUT2D eigenvalue weighted by atomic mass is 35.5. The van der Waals surface area contributed by atoms with E-state index in [2.05, 4.69) is 19.2 Å². The van der Waals surface area contributed by atoms with Crippen molar-refractivity contribution in [3.63, 3.8) is 0 Å². The first-order valence-corrected chi connectivity index (χ1v) is 8.74. The van der Waals surface area contributed by atoms with Gasteiger partial charge in [0.1, 0.15) is 0 Å². The molecule has 0 spiro atoms. The van der Waals surface area contributed by atoms with Crippen molar-refractivity contribution in [1.82, 2.24) is 5.32 Å². The predicted molar refractivity (Wildman–Crippen MR) is 84.3 cm³/mol. The normalized spacial score (nSPS) is 14.3. The van der Waals surface area contributed by atoms with E-state index in [9.17, 15) is 4.21 Å². The van der Waals surface area contributed by atoms with Gasteiger partial charge in [0.25, 0.3) is 0 Å². The minimum Gasteiger partial charge on any atom is -0.314 e. The zero-order valence-electron chi connectivity index (χ0n) is 11.8. The van der Waals surface area contributed by atoms with Crippen LogP contribution < -0.4 is 5.32 Å². The van der Waals surface area contributed by atoms with Crippen LogP contribution in [0.1, 0.15) is 39.5 Å². The van der Waals surface area contributed by atoms with Crippen LogP contribution in [0.2, 0.25) is 5.02 Å². The molecule has 0 saturated heterocycles. The number of hydrogen-bond donors (Lipinski definition) is 1. The van der Waals surface area contributed by atoms with Crippen molar-refractivity contribution < 1.29 is 4.21 Å². The van der Waals surface area contributed by atoms with Gasteiger partial charge < -0.3 is 5.32 Å². The van der Waals surface area contributed by atoms with Crippen LogP contribution in [0.25, 0.3) is 0 Å². The Morgan fingerprint density at radius 1 is 1.26 bits per heavy atom. The van der Waals surface area contributed by atoms with Crippen LogP contribution in [0.3, 0.4) is 0 Å². The first-order valence-electron chi connectivity index (χ1n) is 7.04. The molecule has 0 amide bonds. The lowest BCUT2D eigenvalue weighted by Gasteiger charge is -2.16. The number of halogens is 1.